The highest BCUT2D eigenvalue weighted by atomic mass is 32.2. The van der Waals surface area contributed by atoms with Gasteiger partial charge in [-0.05, 0) is 49.7 Å². The number of aryl methyl sites for hydroxylation is 1. The number of sulfonamides is 1. The molecule has 0 saturated heterocycles. The van der Waals surface area contributed by atoms with Gasteiger partial charge in [-0.3, -0.25) is 4.79 Å². The number of nitrogens with one attached hydrogen (secondary N) is 1. The van der Waals surface area contributed by atoms with Gasteiger partial charge in [-0.15, -0.1) is 0 Å². The molecule has 1 amide bonds. The van der Waals surface area contributed by atoms with E-state index in [1.165, 1.54) is 57.4 Å². The molecule has 1 N–H and O–H groups in total. The molecule has 0 unspecified atom stereocenters. The van der Waals surface area contributed by atoms with Gasteiger partial charge in [-0.1, -0.05) is 12.1 Å². The summed E-state index contributed by atoms with van der Waals surface area (Å²) in [5.41, 5.74) is 0.605. The van der Waals surface area contributed by atoms with Crippen LogP contribution < -0.4 is 5.32 Å². The molecule has 0 aromatic heterocycles. The molecule has 150 valence electrons. The maximum atomic E-state index is 13.6. The van der Waals surface area contributed by atoms with Gasteiger partial charge < -0.3 is 10.1 Å². The number of carbonyl (C=O) groups excluding carboxylic acids is 2. The van der Waals surface area contributed by atoms with Gasteiger partial charge in [-0.25, -0.2) is 21.9 Å². The minimum Gasteiger partial charge on any atom is -0.449 e. The lowest BCUT2D eigenvalue weighted by Gasteiger charge is -2.15. The first-order valence-electron chi connectivity index (χ1n) is 8.33. The minimum atomic E-state index is -3.66. The van der Waals surface area contributed by atoms with Crippen LogP contribution in [0.5, 0.6) is 0 Å². The number of amides is 1. The predicted molar refractivity (Wildman–Crippen MR) is 102 cm³/mol. The molecular weight excluding hydrogens is 387 g/mol. The van der Waals surface area contributed by atoms with Crippen LogP contribution in [0.2, 0.25) is 0 Å². The molecule has 1 atom stereocenters. The number of halogens is 1. The second-order valence-electron chi connectivity index (χ2n) is 6.32. The molecule has 0 spiro atoms. The van der Waals surface area contributed by atoms with E-state index in [2.05, 4.69) is 5.32 Å². The summed E-state index contributed by atoms with van der Waals surface area (Å²) >= 11 is 0. The summed E-state index contributed by atoms with van der Waals surface area (Å²) in [4.78, 5) is 24.4. The summed E-state index contributed by atoms with van der Waals surface area (Å²) in [7, 11) is -0.859. The summed E-state index contributed by atoms with van der Waals surface area (Å²) in [6.07, 6.45) is -1.18. The van der Waals surface area contributed by atoms with E-state index in [1.807, 2.05) is 0 Å². The van der Waals surface area contributed by atoms with Gasteiger partial charge in [0.05, 0.1) is 10.5 Å². The Balaban J connectivity index is 2.08. The number of nitrogens with zero attached hydrogens (tertiary/aromatic N) is 1. The lowest BCUT2D eigenvalue weighted by molar-refractivity contribution is -0.123. The number of rotatable bonds is 6. The minimum absolute atomic E-state index is 0.00933. The molecule has 2 aromatic rings. The van der Waals surface area contributed by atoms with Crippen molar-refractivity contribution in [1.82, 2.24) is 4.31 Å². The SMILES string of the molecule is Cc1ccc(C(=O)O[C@H](C)C(=O)Nc2cccc(S(=O)(=O)N(C)C)c2)cc1F. The molecule has 0 radical (unpaired) electrons. The van der Waals surface area contributed by atoms with Crippen LogP contribution >= 0.6 is 0 Å². The molecule has 0 heterocycles. The predicted octanol–water partition coefficient (Wildman–Crippen LogP) is 2.57. The summed E-state index contributed by atoms with van der Waals surface area (Å²) < 4.78 is 44.0. The maximum absolute atomic E-state index is 13.6. The molecule has 9 heteroatoms. The third-order valence-corrected chi connectivity index (χ3v) is 5.75. The molecule has 2 rings (SSSR count). The Labute approximate surface area is 163 Å². The highest BCUT2D eigenvalue weighted by molar-refractivity contribution is 7.89. The summed E-state index contributed by atoms with van der Waals surface area (Å²) in [6, 6.07) is 9.58. The summed E-state index contributed by atoms with van der Waals surface area (Å²) in [5, 5.41) is 2.50. The van der Waals surface area contributed by atoms with Gasteiger partial charge in [0.25, 0.3) is 5.91 Å². The molecule has 0 fully saturated rings. The molecule has 2 aromatic carbocycles. The van der Waals surface area contributed by atoms with E-state index in [9.17, 15) is 22.4 Å². The van der Waals surface area contributed by atoms with E-state index < -0.39 is 33.8 Å². The summed E-state index contributed by atoms with van der Waals surface area (Å²) in [5.74, 6) is -2.05. The number of hydrogen-bond acceptors (Lipinski definition) is 5. The van der Waals surface area contributed by atoms with Crippen molar-refractivity contribution < 1.29 is 27.1 Å². The molecule has 0 aliphatic carbocycles. The standard InChI is InChI=1S/C19H21FN2O5S/c1-12-8-9-14(10-17(12)20)19(24)27-13(2)18(23)21-15-6-5-7-16(11-15)28(25,26)22(3)4/h5-11,13H,1-4H3,(H,21,23)/t13-/m1/s1. The second kappa shape index (κ2) is 8.49. The molecule has 0 bridgehead atoms. The van der Waals surface area contributed by atoms with Crippen molar-refractivity contribution in [3.8, 4) is 0 Å². The van der Waals surface area contributed by atoms with Crippen molar-refractivity contribution in [3.63, 3.8) is 0 Å². The lowest BCUT2D eigenvalue weighted by atomic mass is 10.1. The topological polar surface area (TPSA) is 92.8 Å². The zero-order valence-electron chi connectivity index (χ0n) is 15.9. The number of hydrogen-bond donors (Lipinski definition) is 1. The van der Waals surface area contributed by atoms with Crippen LogP contribution in [0.1, 0.15) is 22.8 Å². The first-order chi connectivity index (χ1) is 13.0. The molecule has 28 heavy (non-hydrogen) atoms. The summed E-state index contributed by atoms with van der Waals surface area (Å²) in [6.45, 7) is 2.92. The maximum Gasteiger partial charge on any atom is 0.339 e. The second-order valence-corrected chi connectivity index (χ2v) is 8.47. The molecule has 0 aliphatic heterocycles. The Kier molecular flexibility index (Phi) is 6.52. The first-order valence-corrected chi connectivity index (χ1v) is 9.77. The number of esters is 1. The number of anilines is 1. The van der Waals surface area contributed by atoms with Gasteiger partial charge in [-0.2, -0.15) is 0 Å². The highest BCUT2D eigenvalue weighted by Gasteiger charge is 2.21. The van der Waals surface area contributed by atoms with Crippen LogP contribution in [-0.4, -0.2) is 44.8 Å². The average molecular weight is 408 g/mol. The fourth-order valence-corrected chi connectivity index (χ4v) is 3.14. The quantitative estimate of drug-likeness (QED) is 0.742. The fraction of sp³-hybridized carbons (Fsp3) is 0.263. The van der Waals surface area contributed by atoms with Crippen molar-refractivity contribution in [2.45, 2.75) is 24.8 Å². The van der Waals surface area contributed by atoms with Crippen molar-refractivity contribution in [2.75, 3.05) is 19.4 Å². The number of ether oxygens (including phenoxy) is 1. The third-order valence-electron chi connectivity index (χ3n) is 3.94. The highest BCUT2D eigenvalue weighted by Crippen LogP contribution is 2.18. The van der Waals surface area contributed by atoms with E-state index >= 15 is 0 Å². The smallest absolute Gasteiger partial charge is 0.339 e. The van der Waals surface area contributed by atoms with Gasteiger partial charge in [0.15, 0.2) is 6.10 Å². The van der Waals surface area contributed by atoms with Gasteiger partial charge in [0.2, 0.25) is 10.0 Å². The van der Waals surface area contributed by atoms with Crippen LogP contribution in [-0.2, 0) is 19.6 Å². The Hall–Kier alpha value is -2.78. The average Bonchev–Trinajstić information content (AvgIpc) is 2.63. The van der Waals surface area contributed by atoms with Crippen LogP contribution in [0.4, 0.5) is 10.1 Å². The molecule has 7 nitrogen and oxygen atoms in total. The normalized spacial score (nSPS) is 12.5. The Bertz CT molecular complexity index is 1010. The Morgan fingerprint density at radius 3 is 2.43 bits per heavy atom. The first kappa shape index (κ1) is 21.5. The third kappa shape index (κ3) is 4.93. The molecule has 0 aliphatic rings. The Morgan fingerprint density at radius 2 is 1.82 bits per heavy atom. The van der Waals surface area contributed by atoms with Crippen LogP contribution in [0.15, 0.2) is 47.4 Å². The van der Waals surface area contributed by atoms with E-state index in [0.29, 0.717) is 5.56 Å². The fourth-order valence-electron chi connectivity index (χ4n) is 2.19. The van der Waals surface area contributed by atoms with Crippen LogP contribution in [0.3, 0.4) is 0 Å². The van der Waals surface area contributed by atoms with E-state index in [0.717, 1.165) is 10.4 Å². The zero-order valence-corrected chi connectivity index (χ0v) is 16.7. The van der Waals surface area contributed by atoms with Crippen LogP contribution in [0.25, 0.3) is 0 Å². The molecular formula is C19H21FN2O5S. The largest absolute Gasteiger partial charge is 0.449 e. The van der Waals surface area contributed by atoms with Crippen molar-refractivity contribution in [1.29, 1.82) is 0 Å². The van der Waals surface area contributed by atoms with Crippen LogP contribution in [0, 0.1) is 12.7 Å². The molecule has 0 saturated carbocycles. The van der Waals surface area contributed by atoms with Gasteiger partial charge in [0.1, 0.15) is 5.82 Å². The monoisotopic (exact) mass is 408 g/mol. The van der Waals surface area contributed by atoms with E-state index in [1.54, 1.807) is 6.92 Å². The Morgan fingerprint density at radius 1 is 1.14 bits per heavy atom. The van der Waals surface area contributed by atoms with Crippen molar-refractivity contribution in [3.05, 3.63) is 59.4 Å². The number of carbonyl (C=O) groups is 2. The van der Waals surface area contributed by atoms with Crippen molar-refractivity contribution >= 4 is 27.6 Å². The number of benzene rings is 2. The zero-order chi connectivity index (χ0) is 21.1. The lowest BCUT2D eigenvalue weighted by Crippen LogP contribution is -2.30. The van der Waals surface area contributed by atoms with E-state index in [-0.39, 0.29) is 16.1 Å². The van der Waals surface area contributed by atoms with E-state index in [4.69, 9.17) is 4.74 Å². The van der Waals surface area contributed by atoms with Gasteiger partial charge in [0, 0.05) is 19.8 Å². The van der Waals surface area contributed by atoms with Crippen molar-refractivity contribution in [2.24, 2.45) is 0 Å². The van der Waals surface area contributed by atoms with Gasteiger partial charge >= 0.3 is 5.97 Å².